The minimum atomic E-state index is -3.71. The molecular formula is C20H27ClN4O3S. The van der Waals surface area contributed by atoms with Crippen molar-refractivity contribution in [1.82, 2.24) is 19.8 Å². The van der Waals surface area contributed by atoms with E-state index in [2.05, 4.69) is 16.9 Å². The van der Waals surface area contributed by atoms with Gasteiger partial charge in [-0.1, -0.05) is 29.8 Å². The molecule has 1 aromatic heterocycles. The first-order chi connectivity index (χ1) is 13.7. The Bertz CT molecular complexity index is 970. The van der Waals surface area contributed by atoms with Crippen molar-refractivity contribution in [3.8, 4) is 0 Å². The maximum absolute atomic E-state index is 13.1. The third kappa shape index (κ3) is 5.83. The quantitative estimate of drug-likeness (QED) is 0.603. The molecule has 0 saturated carbocycles. The van der Waals surface area contributed by atoms with Crippen LogP contribution in [0, 0.1) is 0 Å². The Hall–Kier alpha value is -2.32. The first kappa shape index (κ1) is 23.0. The van der Waals surface area contributed by atoms with Gasteiger partial charge in [-0.25, -0.2) is 18.2 Å². The van der Waals surface area contributed by atoms with E-state index in [4.69, 9.17) is 11.6 Å². The van der Waals surface area contributed by atoms with Crippen LogP contribution in [0.4, 0.5) is 4.79 Å². The van der Waals surface area contributed by atoms with E-state index < -0.39 is 9.84 Å². The van der Waals surface area contributed by atoms with Gasteiger partial charge in [0, 0.05) is 24.2 Å². The number of halogens is 1. The minimum Gasteiger partial charge on any atom is -0.338 e. The molecule has 0 unspecified atom stereocenters. The number of benzene rings is 1. The number of aromatic nitrogens is 2. The highest BCUT2D eigenvalue weighted by atomic mass is 35.5. The molecule has 0 spiro atoms. The van der Waals surface area contributed by atoms with Crippen LogP contribution < -0.4 is 5.32 Å². The Balaban J connectivity index is 2.38. The normalized spacial score (nSPS) is 11.5. The number of sulfone groups is 1. The fraction of sp³-hybridized carbons (Fsp3) is 0.400. The number of rotatable bonds is 9. The molecule has 0 atom stereocenters. The van der Waals surface area contributed by atoms with Crippen LogP contribution in [0.3, 0.4) is 0 Å². The lowest BCUT2D eigenvalue weighted by Gasteiger charge is -2.23. The standard InChI is InChI=1S/C20H27ClN4O3S/c1-5-10-24(19(26)22-6-2)13-18-12-23-20(25(18)15(3)4)29(27,28)14-16-8-7-9-17(21)11-16/h5,7-9,11-12,15H,1,6,10,13-14H2,2-4H3,(H,22,26). The number of amides is 2. The van der Waals surface area contributed by atoms with Crippen molar-refractivity contribution >= 4 is 27.5 Å². The van der Waals surface area contributed by atoms with Gasteiger partial charge < -0.3 is 14.8 Å². The Kier molecular flexibility index (Phi) is 7.87. The zero-order valence-corrected chi connectivity index (χ0v) is 18.5. The first-order valence-corrected chi connectivity index (χ1v) is 11.4. The summed E-state index contributed by atoms with van der Waals surface area (Å²) in [7, 11) is -3.71. The van der Waals surface area contributed by atoms with E-state index in [1.807, 2.05) is 20.8 Å². The van der Waals surface area contributed by atoms with Crippen molar-refractivity contribution in [2.24, 2.45) is 0 Å². The second-order valence-corrected chi connectivity index (χ2v) is 9.21. The maximum Gasteiger partial charge on any atom is 0.318 e. The molecule has 0 saturated heterocycles. The van der Waals surface area contributed by atoms with Gasteiger partial charge >= 0.3 is 6.03 Å². The number of nitrogens with one attached hydrogen (secondary N) is 1. The van der Waals surface area contributed by atoms with E-state index in [-0.39, 0.29) is 29.5 Å². The van der Waals surface area contributed by atoms with Gasteiger partial charge in [-0.05, 0) is 38.5 Å². The lowest BCUT2D eigenvalue weighted by molar-refractivity contribution is 0.200. The lowest BCUT2D eigenvalue weighted by Crippen LogP contribution is -2.40. The number of imidazole rings is 1. The van der Waals surface area contributed by atoms with Crippen LogP contribution in [-0.4, -0.2) is 42.0 Å². The van der Waals surface area contributed by atoms with Crippen LogP contribution in [0.15, 0.2) is 48.3 Å². The molecule has 158 valence electrons. The Labute approximate surface area is 177 Å². The molecule has 0 aliphatic rings. The fourth-order valence-electron chi connectivity index (χ4n) is 3.02. The highest BCUT2D eigenvalue weighted by Gasteiger charge is 2.26. The summed E-state index contributed by atoms with van der Waals surface area (Å²) in [6.07, 6.45) is 3.14. The topological polar surface area (TPSA) is 84.3 Å². The molecule has 2 aromatic rings. The predicted octanol–water partition coefficient (Wildman–Crippen LogP) is 3.81. The van der Waals surface area contributed by atoms with Crippen molar-refractivity contribution in [3.63, 3.8) is 0 Å². The van der Waals surface area contributed by atoms with Crippen LogP contribution in [0.2, 0.25) is 5.02 Å². The minimum absolute atomic E-state index is 0.0167. The molecule has 2 amide bonds. The highest BCUT2D eigenvalue weighted by Crippen LogP contribution is 2.23. The summed E-state index contributed by atoms with van der Waals surface area (Å²) in [6, 6.07) is 6.36. The molecule has 9 heteroatoms. The molecule has 0 fully saturated rings. The molecule has 1 heterocycles. The molecule has 7 nitrogen and oxygen atoms in total. The monoisotopic (exact) mass is 438 g/mol. The highest BCUT2D eigenvalue weighted by molar-refractivity contribution is 7.90. The molecule has 0 aliphatic heterocycles. The zero-order chi connectivity index (χ0) is 21.6. The SMILES string of the molecule is C=CCN(Cc1cnc(S(=O)(=O)Cc2cccc(Cl)c2)n1C(C)C)C(=O)NCC. The van der Waals surface area contributed by atoms with Gasteiger partial charge in [-0.2, -0.15) is 0 Å². The molecule has 0 radical (unpaired) electrons. The van der Waals surface area contributed by atoms with Gasteiger partial charge in [-0.15, -0.1) is 6.58 Å². The largest absolute Gasteiger partial charge is 0.338 e. The van der Waals surface area contributed by atoms with Crippen molar-refractivity contribution in [1.29, 1.82) is 0 Å². The fourth-order valence-corrected chi connectivity index (χ4v) is 4.82. The summed E-state index contributed by atoms with van der Waals surface area (Å²) in [4.78, 5) is 18.1. The van der Waals surface area contributed by atoms with E-state index in [0.717, 1.165) is 0 Å². The first-order valence-electron chi connectivity index (χ1n) is 9.36. The average molecular weight is 439 g/mol. The van der Waals surface area contributed by atoms with Crippen molar-refractivity contribution in [2.75, 3.05) is 13.1 Å². The molecule has 1 aromatic carbocycles. The predicted molar refractivity (Wildman–Crippen MR) is 115 cm³/mol. The Morgan fingerprint density at radius 3 is 2.72 bits per heavy atom. The zero-order valence-electron chi connectivity index (χ0n) is 16.9. The molecule has 2 rings (SSSR count). The molecule has 0 aliphatic carbocycles. The van der Waals surface area contributed by atoms with Crippen LogP contribution in [-0.2, 0) is 22.1 Å². The third-order valence-electron chi connectivity index (χ3n) is 4.20. The average Bonchev–Trinajstić information content (AvgIpc) is 3.06. The van der Waals surface area contributed by atoms with Crippen LogP contribution in [0.5, 0.6) is 0 Å². The van der Waals surface area contributed by atoms with Crippen molar-refractivity contribution in [3.05, 3.63) is 59.4 Å². The smallest absolute Gasteiger partial charge is 0.318 e. The Morgan fingerprint density at radius 2 is 2.14 bits per heavy atom. The number of hydrogen-bond acceptors (Lipinski definition) is 4. The van der Waals surface area contributed by atoms with E-state index in [0.29, 0.717) is 29.4 Å². The number of urea groups is 1. The molecule has 1 N–H and O–H groups in total. The van der Waals surface area contributed by atoms with Gasteiger partial charge in [-0.3, -0.25) is 0 Å². The van der Waals surface area contributed by atoms with E-state index in [9.17, 15) is 13.2 Å². The van der Waals surface area contributed by atoms with Crippen LogP contribution >= 0.6 is 11.6 Å². The van der Waals surface area contributed by atoms with E-state index in [1.165, 1.54) is 6.20 Å². The summed E-state index contributed by atoms with van der Waals surface area (Å²) in [5, 5.41) is 3.22. The van der Waals surface area contributed by atoms with Gasteiger partial charge in [0.05, 0.1) is 24.2 Å². The van der Waals surface area contributed by atoms with Crippen LogP contribution in [0.25, 0.3) is 0 Å². The third-order valence-corrected chi connectivity index (χ3v) is 6.00. The Morgan fingerprint density at radius 1 is 1.41 bits per heavy atom. The summed E-state index contributed by atoms with van der Waals surface area (Å²) >= 11 is 5.98. The van der Waals surface area contributed by atoms with E-state index in [1.54, 1.807) is 39.8 Å². The lowest BCUT2D eigenvalue weighted by atomic mass is 10.2. The van der Waals surface area contributed by atoms with Gasteiger partial charge in [0.25, 0.3) is 0 Å². The van der Waals surface area contributed by atoms with Gasteiger partial charge in [0.15, 0.2) is 0 Å². The van der Waals surface area contributed by atoms with Gasteiger partial charge in [0.2, 0.25) is 15.0 Å². The summed E-state index contributed by atoms with van der Waals surface area (Å²) in [5.74, 6) is -0.205. The van der Waals surface area contributed by atoms with E-state index >= 15 is 0 Å². The number of carbonyl (C=O) groups is 1. The number of carbonyl (C=O) groups excluding carboxylic acids is 1. The second kappa shape index (κ2) is 9.93. The second-order valence-electron chi connectivity index (χ2n) is 6.89. The molecule has 0 bridgehead atoms. The van der Waals surface area contributed by atoms with Crippen LogP contribution in [0.1, 0.15) is 38.1 Å². The van der Waals surface area contributed by atoms with Crippen molar-refractivity contribution in [2.45, 2.75) is 44.3 Å². The molecular weight excluding hydrogens is 412 g/mol. The maximum atomic E-state index is 13.1. The van der Waals surface area contributed by atoms with Gasteiger partial charge in [0.1, 0.15) is 0 Å². The summed E-state index contributed by atoms with van der Waals surface area (Å²) in [5.41, 5.74) is 1.23. The number of nitrogens with zero attached hydrogens (tertiary/aromatic N) is 3. The van der Waals surface area contributed by atoms with Crippen molar-refractivity contribution < 1.29 is 13.2 Å². The summed E-state index contributed by atoms with van der Waals surface area (Å²) < 4.78 is 27.8. The number of hydrogen-bond donors (Lipinski definition) is 1. The summed E-state index contributed by atoms with van der Waals surface area (Å²) in [6.45, 7) is 10.3. The molecule has 29 heavy (non-hydrogen) atoms.